The SMILES string of the molecule is CC(C)(C)OP(=P)(OCCl)OC(C)(C)C. The van der Waals surface area contributed by atoms with Crippen LogP contribution in [0.2, 0.25) is 0 Å². The Bertz CT molecular complexity index is 223. The van der Waals surface area contributed by atoms with Gasteiger partial charge in [0, 0.05) is 0 Å². The predicted molar refractivity (Wildman–Crippen MR) is 68.7 cm³/mol. The van der Waals surface area contributed by atoms with E-state index in [4.69, 9.17) is 25.2 Å². The molecule has 0 aliphatic heterocycles. The van der Waals surface area contributed by atoms with Crippen LogP contribution in [-0.2, 0) is 13.6 Å². The van der Waals surface area contributed by atoms with E-state index < -0.39 is 7.23 Å². The molecular weight excluding hydrogens is 253 g/mol. The molecule has 0 spiro atoms. The fraction of sp³-hybridized carbons (Fsp3) is 1.00. The summed E-state index contributed by atoms with van der Waals surface area (Å²) in [5.74, 6) is 0. The molecule has 0 aromatic carbocycles. The molecular formula is C9H21ClO3P2. The molecule has 0 saturated heterocycles. The molecule has 0 aromatic heterocycles. The maximum atomic E-state index is 5.74. The summed E-state index contributed by atoms with van der Waals surface area (Å²) in [6.45, 7) is 11.6. The summed E-state index contributed by atoms with van der Waals surface area (Å²) >= 11 is 5.56. The molecule has 6 heteroatoms. The maximum absolute atomic E-state index is 5.74. The van der Waals surface area contributed by atoms with Crippen LogP contribution in [0.3, 0.4) is 0 Å². The summed E-state index contributed by atoms with van der Waals surface area (Å²) in [6, 6.07) is 0.0312. The van der Waals surface area contributed by atoms with E-state index in [0.29, 0.717) is 0 Å². The molecule has 0 heterocycles. The largest absolute Gasteiger partial charge is 0.308 e. The number of hydrogen-bond acceptors (Lipinski definition) is 3. The zero-order valence-corrected chi connectivity index (χ0v) is 12.9. The summed E-state index contributed by atoms with van der Waals surface area (Å²) in [7, 11) is 0.895. The topological polar surface area (TPSA) is 27.7 Å². The quantitative estimate of drug-likeness (QED) is 0.552. The molecule has 92 valence electrons. The van der Waals surface area contributed by atoms with Crippen molar-refractivity contribution < 1.29 is 13.6 Å². The second kappa shape index (κ2) is 5.49. The van der Waals surface area contributed by atoms with Gasteiger partial charge >= 0.3 is 0 Å². The van der Waals surface area contributed by atoms with Crippen LogP contribution in [-0.4, -0.2) is 17.3 Å². The molecule has 0 aromatic rings. The van der Waals surface area contributed by atoms with Crippen LogP contribution in [0.15, 0.2) is 0 Å². The molecule has 15 heavy (non-hydrogen) atoms. The zero-order chi connectivity index (χ0) is 12.3. The second-order valence-corrected chi connectivity index (χ2v) is 8.62. The minimum Gasteiger partial charge on any atom is -0.308 e. The van der Waals surface area contributed by atoms with E-state index in [1.54, 1.807) is 0 Å². The molecule has 0 atom stereocenters. The third-order valence-corrected chi connectivity index (χ3v) is 4.25. The standard InChI is InChI=1S/C9H21ClO3P2/c1-8(2,3)12-15(14,11-7-10)13-9(4,5)6/h14H,7H2,1-6H3. The van der Waals surface area contributed by atoms with Crippen molar-refractivity contribution >= 4 is 27.4 Å². The minimum atomic E-state index is -2.54. The third-order valence-electron chi connectivity index (χ3n) is 1.01. The van der Waals surface area contributed by atoms with Crippen LogP contribution in [0.4, 0.5) is 0 Å². The van der Waals surface area contributed by atoms with Gasteiger partial charge in [-0.05, 0) is 50.1 Å². The van der Waals surface area contributed by atoms with Gasteiger partial charge in [0.1, 0.15) is 6.07 Å². The first-order valence-corrected chi connectivity index (χ1v) is 8.15. The van der Waals surface area contributed by atoms with Crippen LogP contribution in [0.5, 0.6) is 0 Å². The van der Waals surface area contributed by atoms with E-state index in [0.717, 1.165) is 0 Å². The highest BCUT2D eigenvalue weighted by Gasteiger charge is 2.30. The Hall–Kier alpha value is 0.900. The minimum absolute atomic E-state index is 0.0312. The lowest BCUT2D eigenvalue weighted by Crippen LogP contribution is -2.23. The van der Waals surface area contributed by atoms with Gasteiger partial charge in [-0.3, -0.25) is 4.52 Å². The van der Waals surface area contributed by atoms with Crippen molar-refractivity contribution in [3.05, 3.63) is 0 Å². The lowest BCUT2D eigenvalue weighted by molar-refractivity contribution is 0.0355. The number of rotatable bonds is 4. The first kappa shape index (κ1) is 15.9. The molecule has 0 aliphatic carbocycles. The van der Waals surface area contributed by atoms with Crippen molar-refractivity contribution in [2.24, 2.45) is 0 Å². The lowest BCUT2D eigenvalue weighted by Gasteiger charge is -2.34. The Morgan fingerprint density at radius 2 is 1.33 bits per heavy atom. The van der Waals surface area contributed by atoms with Crippen LogP contribution >= 0.6 is 27.4 Å². The van der Waals surface area contributed by atoms with Gasteiger partial charge in [0.05, 0.1) is 11.2 Å². The maximum Gasteiger partial charge on any atom is 0.278 e. The van der Waals surface area contributed by atoms with Gasteiger partial charge in [0.25, 0.3) is 7.23 Å². The van der Waals surface area contributed by atoms with Crippen LogP contribution in [0.1, 0.15) is 41.5 Å². The first-order valence-electron chi connectivity index (χ1n) is 4.74. The second-order valence-electron chi connectivity index (χ2n) is 5.14. The monoisotopic (exact) mass is 274 g/mol. The van der Waals surface area contributed by atoms with E-state index in [1.807, 2.05) is 41.5 Å². The molecule has 0 unspecified atom stereocenters. The van der Waals surface area contributed by atoms with E-state index in [-0.39, 0.29) is 17.3 Å². The highest BCUT2D eigenvalue weighted by molar-refractivity contribution is 7.89. The number of alkyl halides is 1. The van der Waals surface area contributed by atoms with Crippen molar-refractivity contribution in [2.45, 2.75) is 52.7 Å². The van der Waals surface area contributed by atoms with Gasteiger partial charge in [-0.1, -0.05) is 11.6 Å². The summed E-state index contributed by atoms with van der Waals surface area (Å²) in [5.41, 5.74) is -0.709. The summed E-state index contributed by atoms with van der Waals surface area (Å²) in [6.07, 6.45) is 0. The van der Waals surface area contributed by atoms with Crippen molar-refractivity contribution in [1.29, 1.82) is 0 Å². The Morgan fingerprint density at radius 1 is 1.00 bits per heavy atom. The molecule has 0 aliphatic rings. The van der Waals surface area contributed by atoms with Gasteiger partial charge in [0.2, 0.25) is 0 Å². The van der Waals surface area contributed by atoms with Crippen molar-refractivity contribution in [3.63, 3.8) is 0 Å². The Balaban J connectivity index is 4.68. The van der Waals surface area contributed by atoms with Crippen molar-refractivity contribution in [2.75, 3.05) is 6.07 Å². The average molecular weight is 275 g/mol. The van der Waals surface area contributed by atoms with Gasteiger partial charge in [-0.15, -0.1) is 0 Å². The van der Waals surface area contributed by atoms with Crippen LogP contribution in [0, 0.1) is 0 Å². The smallest absolute Gasteiger partial charge is 0.278 e. The Kier molecular flexibility index (Phi) is 5.82. The zero-order valence-electron chi connectivity index (χ0n) is 10.3. The Morgan fingerprint density at radius 3 is 1.53 bits per heavy atom. The highest BCUT2D eigenvalue weighted by Crippen LogP contribution is 2.60. The first-order chi connectivity index (χ1) is 6.47. The molecule has 0 radical (unpaired) electrons. The van der Waals surface area contributed by atoms with E-state index in [9.17, 15) is 0 Å². The molecule has 0 amide bonds. The lowest BCUT2D eigenvalue weighted by atomic mass is 10.2. The molecule has 0 bridgehead atoms. The van der Waals surface area contributed by atoms with Gasteiger partial charge in [-0.25, -0.2) is 0 Å². The van der Waals surface area contributed by atoms with Crippen molar-refractivity contribution in [3.8, 4) is 0 Å². The van der Waals surface area contributed by atoms with Gasteiger partial charge in [-0.2, -0.15) is 0 Å². The van der Waals surface area contributed by atoms with E-state index in [1.165, 1.54) is 0 Å². The van der Waals surface area contributed by atoms with Crippen LogP contribution < -0.4 is 0 Å². The summed E-state index contributed by atoms with van der Waals surface area (Å²) < 4.78 is 16.8. The van der Waals surface area contributed by atoms with E-state index in [2.05, 4.69) is 8.53 Å². The number of hydrogen-bond donors (Lipinski definition) is 0. The van der Waals surface area contributed by atoms with Crippen molar-refractivity contribution in [1.82, 2.24) is 0 Å². The van der Waals surface area contributed by atoms with Gasteiger partial charge in [0.15, 0.2) is 0 Å². The van der Waals surface area contributed by atoms with Gasteiger partial charge < -0.3 is 9.05 Å². The molecule has 0 rings (SSSR count). The third kappa shape index (κ3) is 8.68. The number of halogens is 1. The van der Waals surface area contributed by atoms with Crippen LogP contribution in [0.25, 0.3) is 0 Å². The fourth-order valence-electron chi connectivity index (χ4n) is 0.857. The highest BCUT2D eigenvalue weighted by atomic mass is 35.5. The average Bonchev–Trinajstić information content (AvgIpc) is 1.74. The Labute approximate surface area is 100 Å². The molecule has 3 nitrogen and oxygen atoms in total. The fourth-order valence-corrected chi connectivity index (χ4v) is 5.04. The summed E-state index contributed by atoms with van der Waals surface area (Å²) in [4.78, 5) is 0. The predicted octanol–water partition coefficient (Wildman–Crippen LogP) is 4.65. The molecule has 0 saturated carbocycles. The molecule has 0 N–H and O–H groups in total. The van der Waals surface area contributed by atoms with E-state index >= 15 is 0 Å². The normalized spacial score (nSPS) is 14.3. The summed E-state index contributed by atoms with van der Waals surface area (Å²) in [5, 5.41) is 0. The molecule has 0 fully saturated rings.